The standard InChI is InChI=1S/C18H18ClFN4O2/c1-10(24(2)9-12-13(19)4-3-5-14(12)20)17(25)21-11-6-7-15-16(8-11)23-18(26)22-15/h3-8,10H,9H2,1-2H3,(H,21,25)(H2,22,23,26)/t10-/m1/s1. The van der Waals surface area contributed by atoms with Gasteiger partial charge in [-0.1, -0.05) is 17.7 Å². The Morgan fingerprint density at radius 3 is 2.73 bits per heavy atom. The molecule has 0 spiro atoms. The van der Waals surface area contributed by atoms with Gasteiger partial charge in [-0.15, -0.1) is 0 Å². The third-order valence-corrected chi connectivity index (χ3v) is 4.65. The normalized spacial score (nSPS) is 12.5. The van der Waals surface area contributed by atoms with E-state index in [0.29, 0.717) is 27.3 Å². The molecule has 1 heterocycles. The summed E-state index contributed by atoms with van der Waals surface area (Å²) in [6.45, 7) is 1.92. The van der Waals surface area contributed by atoms with E-state index >= 15 is 0 Å². The van der Waals surface area contributed by atoms with Gasteiger partial charge in [0.25, 0.3) is 0 Å². The maximum atomic E-state index is 13.9. The Kier molecular flexibility index (Phi) is 5.11. The largest absolute Gasteiger partial charge is 0.325 e. The third kappa shape index (κ3) is 3.79. The van der Waals surface area contributed by atoms with Crippen molar-refractivity contribution in [1.82, 2.24) is 14.9 Å². The molecule has 26 heavy (non-hydrogen) atoms. The van der Waals surface area contributed by atoms with E-state index in [4.69, 9.17) is 11.6 Å². The fraction of sp³-hybridized carbons (Fsp3) is 0.222. The van der Waals surface area contributed by atoms with Gasteiger partial charge in [-0.3, -0.25) is 9.69 Å². The smallest absolute Gasteiger partial charge is 0.323 e. The molecule has 3 N–H and O–H groups in total. The number of halogens is 2. The van der Waals surface area contributed by atoms with Gasteiger partial charge in [0, 0.05) is 22.8 Å². The van der Waals surface area contributed by atoms with Crippen LogP contribution in [0.2, 0.25) is 5.02 Å². The predicted octanol–water partition coefficient (Wildman–Crippen LogP) is 3.11. The molecule has 0 saturated heterocycles. The number of aromatic amines is 2. The quantitative estimate of drug-likeness (QED) is 0.640. The average Bonchev–Trinajstić information content (AvgIpc) is 2.96. The van der Waals surface area contributed by atoms with Gasteiger partial charge < -0.3 is 15.3 Å². The number of benzene rings is 2. The summed E-state index contributed by atoms with van der Waals surface area (Å²) in [5.41, 5.74) is 1.86. The average molecular weight is 377 g/mol. The number of nitrogens with one attached hydrogen (secondary N) is 3. The van der Waals surface area contributed by atoms with E-state index < -0.39 is 11.9 Å². The number of hydrogen-bond donors (Lipinski definition) is 3. The lowest BCUT2D eigenvalue weighted by Gasteiger charge is -2.24. The number of H-pyrrole nitrogens is 2. The molecule has 2 aromatic carbocycles. The van der Waals surface area contributed by atoms with E-state index in [-0.39, 0.29) is 18.1 Å². The van der Waals surface area contributed by atoms with Gasteiger partial charge in [0.05, 0.1) is 17.1 Å². The zero-order valence-corrected chi connectivity index (χ0v) is 15.0. The van der Waals surface area contributed by atoms with E-state index in [2.05, 4.69) is 15.3 Å². The zero-order chi connectivity index (χ0) is 18.8. The molecule has 0 saturated carbocycles. The summed E-state index contributed by atoms with van der Waals surface area (Å²) in [5.74, 6) is -0.656. The minimum atomic E-state index is -0.522. The van der Waals surface area contributed by atoms with Crippen LogP contribution in [0.3, 0.4) is 0 Å². The molecule has 3 rings (SSSR count). The Bertz CT molecular complexity index is 994. The zero-order valence-electron chi connectivity index (χ0n) is 14.3. The van der Waals surface area contributed by atoms with E-state index in [9.17, 15) is 14.0 Å². The fourth-order valence-electron chi connectivity index (χ4n) is 2.63. The highest BCUT2D eigenvalue weighted by Gasteiger charge is 2.20. The van der Waals surface area contributed by atoms with Crippen LogP contribution in [0.4, 0.5) is 10.1 Å². The van der Waals surface area contributed by atoms with Crippen LogP contribution in [0.5, 0.6) is 0 Å². The summed E-state index contributed by atoms with van der Waals surface area (Å²) in [6, 6.07) is 9.05. The molecule has 136 valence electrons. The lowest BCUT2D eigenvalue weighted by atomic mass is 10.1. The number of likely N-dealkylation sites (N-methyl/N-ethyl adjacent to an activating group) is 1. The molecule has 1 atom stereocenters. The van der Waals surface area contributed by atoms with Crippen LogP contribution in [-0.4, -0.2) is 33.9 Å². The Hall–Kier alpha value is -2.64. The number of hydrogen-bond acceptors (Lipinski definition) is 3. The second-order valence-electron chi connectivity index (χ2n) is 6.12. The van der Waals surface area contributed by atoms with Crippen LogP contribution >= 0.6 is 11.6 Å². The maximum absolute atomic E-state index is 13.9. The van der Waals surface area contributed by atoms with Crippen molar-refractivity contribution in [2.75, 3.05) is 12.4 Å². The fourth-order valence-corrected chi connectivity index (χ4v) is 2.85. The van der Waals surface area contributed by atoms with E-state index in [1.54, 1.807) is 49.2 Å². The highest BCUT2D eigenvalue weighted by atomic mass is 35.5. The molecule has 0 aliphatic heterocycles. The molecule has 8 heteroatoms. The Balaban J connectivity index is 1.70. The van der Waals surface area contributed by atoms with E-state index in [1.807, 2.05) is 0 Å². The highest BCUT2D eigenvalue weighted by Crippen LogP contribution is 2.21. The lowest BCUT2D eigenvalue weighted by Crippen LogP contribution is -2.39. The Labute approximate surface area is 154 Å². The summed E-state index contributed by atoms with van der Waals surface area (Å²) in [4.78, 5) is 30.8. The number of anilines is 1. The van der Waals surface area contributed by atoms with Gasteiger partial charge >= 0.3 is 5.69 Å². The molecule has 0 bridgehead atoms. The van der Waals surface area contributed by atoms with Crippen molar-refractivity contribution >= 4 is 34.2 Å². The molecule has 0 unspecified atom stereocenters. The summed E-state index contributed by atoms with van der Waals surface area (Å²) in [6.07, 6.45) is 0. The molecular weight excluding hydrogens is 359 g/mol. The van der Waals surface area contributed by atoms with Crippen molar-refractivity contribution < 1.29 is 9.18 Å². The summed E-state index contributed by atoms with van der Waals surface area (Å²) >= 11 is 6.05. The van der Waals surface area contributed by atoms with Crippen LogP contribution in [0.25, 0.3) is 11.0 Å². The molecule has 3 aromatic rings. The Morgan fingerprint density at radius 2 is 2.00 bits per heavy atom. The lowest BCUT2D eigenvalue weighted by molar-refractivity contribution is -0.120. The van der Waals surface area contributed by atoms with E-state index in [0.717, 1.165) is 0 Å². The van der Waals surface area contributed by atoms with Crippen molar-refractivity contribution in [3.63, 3.8) is 0 Å². The number of fused-ring (bicyclic) bond motifs is 1. The summed E-state index contributed by atoms with van der Waals surface area (Å²) < 4.78 is 13.9. The monoisotopic (exact) mass is 376 g/mol. The second-order valence-corrected chi connectivity index (χ2v) is 6.53. The minimum absolute atomic E-state index is 0.199. The molecule has 1 aromatic heterocycles. The van der Waals surface area contributed by atoms with Crippen molar-refractivity contribution in [3.05, 3.63) is 63.3 Å². The first-order chi connectivity index (χ1) is 12.3. The van der Waals surface area contributed by atoms with Gasteiger partial charge in [0.1, 0.15) is 5.82 Å². The minimum Gasteiger partial charge on any atom is -0.325 e. The van der Waals surface area contributed by atoms with E-state index in [1.165, 1.54) is 6.07 Å². The Morgan fingerprint density at radius 1 is 1.27 bits per heavy atom. The molecule has 1 amide bonds. The molecule has 6 nitrogen and oxygen atoms in total. The molecule has 0 aliphatic carbocycles. The number of aromatic nitrogens is 2. The predicted molar refractivity (Wildman–Crippen MR) is 99.9 cm³/mol. The van der Waals surface area contributed by atoms with Crippen LogP contribution in [0.1, 0.15) is 12.5 Å². The first-order valence-electron chi connectivity index (χ1n) is 8.01. The highest BCUT2D eigenvalue weighted by molar-refractivity contribution is 6.31. The molecular formula is C18H18ClFN4O2. The van der Waals surface area contributed by atoms with Crippen molar-refractivity contribution in [2.24, 2.45) is 0 Å². The van der Waals surface area contributed by atoms with Gasteiger partial charge in [0.2, 0.25) is 5.91 Å². The van der Waals surface area contributed by atoms with Crippen molar-refractivity contribution in [1.29, 1.82) is 0 Å². The van der Waals surface area contributed by atoms with Crippen molar-refractivity contribution in [2.45, 2.75) is 19.5 Å². The molecule has 0 aliphatic rings. The van der Waals surface area contributed by atoms with Gasteiger partial charge in [0.15, 0.2) is 0 Å². The topological polar surface area (TPSA) is 81.0 Å². The van der Waals surface area contributed by atoms with Crippen LogP contribution < -0.4 is 11.0 Å². The van der Waals surface area contributed by atoms with Gasteiger partial charge in [-0.25, -0.2) is 9.18 Å². The number of nitrogens with zero attached hydrogens (tertiary/aromatic N) is 1. The summed E-state index contributed by atoms with van der Waals surface area (Å²) in [7, 11) is 1.72. The molecule has 0 fully saturated rings. The van der Waals surface area contributed by atoms with Crippen LogP contribution in [0, 0.1) is 5.82 Å². The van der Waals surface area contributed by atoms with Crippen LogP contribution in [0.15, 0.2) is 41.2 Å². The SMILES string of the molecule is C[C@H](C(=O)Nc1ccc2[nH]c(=O)[nH]c2c1)N(C)Cc1c(F)cccc1Cl. The first-order valence-corrected chi connectivity index (χ1v) is 8.39. The van der Waals surface area contributed by atoms with Gasteiger partial charge in [-0.05, 0) is 44.3 Å². The number of rotatable bonds is 5. The number of imidazole rings is 1. The molecule has 0 radical (unpaired) electrons. The second kappa shape index (κ2) is 7.31. The van der Waals surface area contributed by atoms with Crippen LogP contribution in [-0.2, 0) is 11.3 Å². The third-order valence-electron chi connectivity index (χ3n) is 4.29. The number of carbonyl (C=O) groups excluding carboxylic acids is 1. The number of amides is 1. The van der Waals surface area contributed by atoms with Crippen molar-refractivity contribution in [3.8, 4) is 0 Å². The number of carbonyl (C=O) groups is 1. The first kappa shape index (κ1) is 18.2. The summed E-state index contributed by atoms with van der Waals surface area (Å²) in [5, 5.41) is 3.12. The maximum Gasteiger partial charge on any atom is 0.323 e. The van der Waals surface area contributed by atoms with Gasteiger partial charge in [-0.2, -0.15) is 0 Å².